The second-order valence-electron chi connectivity index (χ2n) is 8.69. The Morgan fingerprint density at radius 1 is 1.08 bits per heavy atom. The Hall–Kier alpha value is -3.77. The van der Waals surface area contributed by atoms with Gasteiger partial charge in [-0.05, 0) is 62.6 Å². The van der Waals surface area contributed by atoms with E-state index in [4.69, 9.17) is 19.1 Å². The van der Waals surface area contributed by atoms with Gasteiger partial charge in [0.15, 0.2) is 12.1 Å². The molecule has 2 unspecified atom stereocenters. The van der Waals surface area contributed by atoms with Gasteiger partial charge in [0.25, 0.3) is 0 Å². The molecule has 2 atom stereocenters. The number of nitrogens with zero attached hydrogens (tertiary/aromatic N) is 4. The molecule has 1 aromatic carbocycles. The molecule has 184 valence electrons. The molecule has 1 saturated heterocycles. The van der Waals surface area contributed by atoms with Crippen LogP contribution in [0.4, 0.5) is 0 Å². The van der Waals surface area contributed by atoms with E-state index in [-0.39, 0.29) is 19.0 Å². The predicted molar refractivity (Wildman–Crippen MR) is 132 cm³/mol. The maximum absolute atomic E-state index is 9.09. The number of ether oxygens (including phenoxy) is 2. The zero-order valence-electron chi connectivity index (χ0n) is 20.1. The molecule has 0 saturated carbocycles. The predicted octanol–water partition coefficient (Wildman–Crippen LogP) is 4.48. The zero-order valence-corrected chi connectivity index (χ0v) is 20.1. The first-order chi connectivity index (χ1) is 17.7. The summed E-state index contributed by atoms with van der Waals surface area (Å²) in [6.45, 7) is 3.20. The average molecular weight is 485 g/mol. The summed E-state index contributed by atoms with van der Waals surface area (Å²) in [5, 5.41) is 13.3. The lowest BCUT2D eigenvalue weighted by molar-refractivity contribution is -0.188. The molecule has 3 aromatic heterocycles. The van der Waals surface area contributed by atoms with Crippen molar-refractivity contribution < 1.29 is 19.1 Å². The molecule has 0 radical (unpaired) electrons. The first kappa shape index (κ1) is 23.9. The van der Waals surface area contributed by atoms with Gasteiger partial charge in [0.1, 0.15) is 17.6 Å². The van der Waals surface area contributed by atoms with Crippen LogP contribution in [0.5, 0.6) is 0 Å². The molecule has 0 amide bonds. The number of aliphatic hydroxyl groups excluding tert-OH is 1. The SMILES string of the molecule is CC(OC1CCCCO1)c1nccn1Cc1cc(-c2ccc(C#Cc3ccc(CO)nc3)cc2)on1. The van der Waals surface area contributed by atoms with Crippen LogP contribution in [0.3, 0.4) is 0 Å². The van der Waals surface area contributed by atoms with Gasteiger partial charge in [0, 0.05) is 48.0 Å². The van der Waals surface area contributed by atoms with Crippen molar-refractivity contribution in [1.82, 2.24) is 19.7 Å². The van der Waals surface area contributed by atoms with Gasteiger partial charge in [-0.15, -0.1) is 0 Å². The topological polar surface area (TPSA) is 95.4 Å². The summed E-state index contributed by atoms with van der Waals surface area (Å²) in [5.41, 5.74) is 4.01. The average Bonchev–Trinajstić information content (AvgIpc) is 3.59. The minimum atomic E-state index is -0.188. The van der Waals surface area contributed by atoms with E-state index in [9.17, 15) is 0 Å². The van der Waals surface area contributed by atoms with Gasteiger partial charge in [-0.2, -0.15) is 0 Å². The van der Waals surface area contributed by atoms with Gasteiger partial charge in [-0.25, -0.2) is 4.98 Å². The van der Waals surface area contributed by atoms with E-state index < -0.39 is 0 Å². The Kier molecular flexibility index (Phi) is 7.52. The van der Waals surface area contributed by atoms with Crippen LogP contribution in [0, 0.1) is 11.8 Å². The lowest BCUT2D eigenvalue weighted by Crippen LogP contribution is -2.24. The molecule has 1 N–H and O–H groups in total. The molecule has 1 fully saturated rings. The van der Waals surface area contributed by atoms with E-state index in [2.05, 4.69) is 27.0 Å². The Labute approximate surface area is 209 Å². The molecule has 4 heterocycles. The summed E-state index contributed by atoms with van der Waals surface area (Å²) in [6, 6.07) is 13.4. The molecular formula is C28H28N4O4. The smallest absolute Gasteiger partial charge is 0.167 e. The number of aromatic nitrogens is 4. The molecule has 5 rings (SSSR count). The third-order valence-electron chi connectivity index (χ3n) is 6.00. The van der Waals surface area contributed by atoms with Crippen LogP contribution in [0.15, 0.2) is 65.6 Å². The molecule has 8 heteroatoms. The molecule has 1 aliphatic heterocycles. The van der Waals surface area contributed by atoms with Crippen molar-refractivity contribution in [3.63, 3.8) is 0 Å². The Morgan fingerprint density at radius 2 is 1.92 bits per heavy atom. The summed E-state index contributed by atoms with van der Waals surface area (Å²) in [7, 11) is 0. The maximum atomic E-state index is 9.09. The monoisotopic (exact) mass is 484 g/mol. The largest absolute Gasteiger partial charge is 0.390 e. The highest BCUT2D eigenvalue weighted by atomic mass is 16.7. The van der Waals surface area contributed by atoms with Gasteiger partial charge in [-0.3, -0.25) is 4.98 Å². The van der Waals surface area contributed by atoms with E-state index in [0.29, 0.717) is 18.0 Å². The Balaban J connectivity index is 1.22. The van der Waals surface area contributed by atoms with Crippen molar-refractivity contribution in [2.24, 2.45) is 0 Å². The number of hydrogen-bond acceptors (Lipinski definition) is 7. The minimum absolute atomic E-state index is 0.0780. The van der Waals surface area contributed by atoms with Crippen molar-refractivity contribution in [2.45, 2.75) is 51.7 Å². The van der Waals surface area contributed by atoms with Gasteiger partial charge in [-0.1, -0.05) is 17.0 Å². The number of benzene rings is 1. The lowest BCUT2D eigenvalue weighted by atomic mass is 10.1. The minimum Gasteiger partial charge on any atom is -0.390 e. The van der Waals surface area contributed by atoms with Gasteiger partial charge in [0.05, 0.1) is 18.8 Å². The van der Waals surface area contributed by atoms with Crippen molar-refractivity contribution in [1.29, 1.82) is 0 Å². The molecule has 0 spiro atoms. The quantitative estimate of drug-likeness (QED) is 0.387. The number of hydrogen-bond donors (Lipinski definition) is 1. The van der Waals surface area contributed by atoms with Crippen molar-refractivity contribution in [2.75, 3.05) is 6.61 Å². The first-order valence-electron chi connectivity index (χ1n) is 12.1. The van der Waals surface area contributed by atoms with Gasteiger partial charge < -0.3 is 23.7 Å². The Bertz CT molecular complexity index is 1330. The fourth-order valence-corrected chi connectivity index (χ4v) is 4.07. The van der Waals surface area contributed by atoms with E-state index in [1.54, 1.807) is 18.5 Å². The van der Waals surface area contributed by atoms with Crippen LogP contribution >= 0.6 is 0 Å². The van der Waals surface area contributed by atoms with Crippen molar-refractivity contribution in [3.8, 4) is 23.2 Å². The van der Waals surface area contributed by atoms with E-state index in [0.717, 1.165) is 54.1 Å². The molecule has 36 heavy (non-hydrogen) atoms. The zero-order chi connectivity index (χ0) is 24.7. The van der Waals surface area contributed by atoms with Crippen LogP contribution in [0.25, 0.3) is 11.3 Å². The number of aliphatic hydroxyl groups is 1. The van der Waals surface area contributed by atoms with Crippen molar-refractivity contribution >= 4 is 0 Å². The highest BCUT2D eigenvalue weighted by Gasteiger charge is 2.21. The number of imidazole rings is 1. The summed E-state index contributed by atoms with van der Waals surface area (Å²) >= 11 is 0. The molecular weight excluding hydrogens is 456 g/mol. The number of rotatable bonds is 7. The molecule has 8 nitrogen and oxygen atoms in total. The molecule has 1 aliphatic rings. The van der Waals surface area contributed by atoms with Gasteiger partial charge >= 0.3 is 0 Å². The highest BCUT2D eigenvalue weighted by molar-refractivity contribution is 5.59. The standard InChI is InChI=1S/C28H28N4O4/c1-20(35-27-4-2-3-15-34-27)28-29-13-14-32(28)18-25-16-26(36-31-25)23-10-7-21(8-11-23)5-6-22-9-12-24(19-33)30-17-22/h7-14,16-17,20,27,33H,2-4,15,18-19H2,1H3. The van der Waals surface area contributed by atoms with Crippen LogP contribution in [0.2, 0.25) is 0 Å². The van der Waals surface area contributed by atoms with Crippen molar-refractivity contribution in [3.05, 3.63) is 89.4 Å². The number of pyridine rings is 1. The second-order valence-corrected chi connectivity index (χ2v) is 8.69. The van der Waals surface area contributed by atoms with E-state index in [1.807, 2.05) is 54.1 Å². The van der Waals surface area contributed by atoms with E-state index in [1.165, 1.54) is 0 Å². The fraction of sp³-hybridized carbons (Fsp3) is 0.321. The van der Waals surface area contributed by atoms with Gasteiger partial charge in [0.2, 0.25) is 0 Å². The highest BCUT2D eigenvalue weighted by Crippen LogP contribution is 2.25. The Morgan fingerprint density at radius 3 is 2.67 bits per heavy atom. The maximum Gasteiger partial charge on any atom is 0.167 e. The normalized spacial score (nSPS) is 16.3. The fourth-order valence-electron chi connectivity index (χ4n) is 4.07. The third kappa shape index (κ3) is 5.89. The third-order valence-corrected chi connectivity index (χ3v) is 6.00. The molecule has 4 aromatic rings. The first-order valence-corrected chi connectivity index (χ1v) is 12.1. The van der Waals surface area contributed by atoms with Crippen LogP contribution in [-0.4, -0.2) is 37.7 Å². The molecule has 0 bridgehead atoms. The lowest BCUT2D eigenvalue weighted by Gasteiger charge is -2.26. The summed E-state index contributed by atoms with van der Waals surface area (Å²) in [4.78, 5) is 8.64. The summed E-state index contributed by atoms with van der Waals surface area (Å²) < 4.78 is 19.4. The summed E-state index contributed by atoms with van der Waals surface area (Å²) in [5.74, 6) is 7.73. The van der Waals surface area contributed by atoms with Crippen LogP contribution < -0.4 is 0 Å². The second kappa shape index (κ2) is 11.3. The molecule has 0 aliphatic carbocycles. The van der Waals surface area contributed by atoms with E-state index >= 15 is 0 Å². The summed E-state index contributed by atoms with van der Waals surface area (Å²) in [6.07, 6.45) is 8.12. The van der Waals surface area contributed by atoms with Crippen LogP contribution in [0.1, 0.15) is 60.6 Å². The van der Waals surface area contributed by atoms with Crippen LogP contribution in [-0.2, 0) is 22.6 Å².